The number of carbonyl (C=O) groups excluding carboxylic acids is 1. The third-order valence-corrected chi connectivity index (χ3v) is 1.76. The minimum Gasteiger partial charge on any atom is -0.376 e. The van der Waals surface area contributed by atoms with E-state index >= 15 is 0 Å². The summed E-state index contributed by atoms with van der Waals surface area (Å²) in [6, 6.07) is 1.64. The van der Waals surface area contributed by atoms with E-state index < -0.39 is 5.60 Å². The van der Waals surface area contributed by atoms with Gasteiger partial charge in [0.25, 0.3) is 0 Å². The van der Waals surface area contributed by atoms with Crippen LogP contribution in [0.5, 0.6) is 0 Å². The predicted octanol–water partition coefficient (Wildman–Crippen LogP) is 0.309. The quantitative estimate of drug-likeness (QED) is 0.661. The Morgan fingerprint density at radius 3 is 3.00 bits per heavy atom. The molecule has 1 aromatic heterocycles. The molecule has 0 bridgehead atoms. The topological polar surface area (TPSA) is 55.1 Å². The Bertz CT molecular complexity index is 278. The maximum absolute atomic E-state index is 10.5. The van der Waals surface area contributed by atoms with Crippen molar-refractivity contribution in [1.29, 1.82) is 0 Å². The molecule has 0 radical (unpaired) electrons. The summed E-state index contributed by atoms with van der Waals surface area (Å²) in [6.45, 7) is 3.99. The van der Waals surface area contributed by atoms with E-state index in [9.17, 15) is 9.90 Å². The lowest BCUT2D eigenvalue weighted by Crippen LogP contribution is -2.26. The molecule has 1 N–H and O–H groups in total. The van der Waals surface area contributed by atoms with Gasteiger partial charge >= 0.3 is 0 Å². The number of nitrogens with zero attached hydrogens (tertiary/aromatic N) is 2. The molecule has 0 amide bonds. The summed E-state index contributed by atoms with van der Waals surface area (Å²) < 4.78 is 1.59. The predicted molar refractivity (Wildman–Crippen MR) is 43.5 cm³/mol. The van der Waals surface area contributed by atoms with Crippen LogP contribution in [0.25, 0.3) is 0 Å². The average Bonchev–Trinajstić information content (AvgIpc) is 2.52. The second-order valence-electron chi connectivity index (χ2n) is 2.80. The molecule has 1 heterocycles. The van der Waals surface area contributed by atoms with Gasteiger partial charge in [0.1, 0.15) is 0 Å². The van der Waals surface area contributed by atoms with Crippen molar-refractivity contribution in [3.63, 3.8) is 0 Å². The monoisotopic (exact) mass is 168 g/mol. The molecular weight excluding hydrogens is 156 g/mol. The number of hydrogen-bond acceptors (Lipinski definition) is 3. The molecule has 0 aliphatic rings. The molecule has 0 fully saturated rings. The molecule has 4 nitrogen and oxygen atoms in total. The molecule has 1 rings (SSSR count). The number of aliphatic hydroxyl groups is 1. The smallest absolute Gasteiger partial charge is 0.158 e. The van der Waals surface area contributed by atoms with E-state index in [0.29, 0.717) is 18.5 Å². The Balaban J connectivity index is 3.08. The minimum atomic E-state index is -1.42. The van der Waals surface area contributed by atoms with Crippen molar-refractivity contribution < 1.29 is 9.90 Å². The number of hydrogen-bond donors (Lipinski definition) is 1. The fourth-order valence-corrected chi connectivity index (χ4v) is 1.08. The zero-order valence-electron chi connectivity index (χ0n) is 7.19. The van der Waals surface area contributed by atoms with Crippen molar-refractivity contribution in [3.05, 3.63) is 18.0 Å². The van der Waals surface area contributed by atoms with Crippen LogP contribution >= 0.6 is 0 Å². The third kappa shape index (κ3) is 1.38. The van der Waals surface area contributed by atoms with Gasteiger partial charge in [-0.1, -0.05) is 0 Å². The molecule has 0 saturated carbocycles. The van der Waals surface area contributed by atoms with Crippen molar-refractivity contribution in [2.75, 3.05) is 0 Å². The number of aryl methyl sites for hydroxylation is 1. The maximum Gasteiger partial charge on any atom is 0.158 e. The number of aldehydes is 1. The lowest BCUT2D eigenvalue weighted by Gasteiger charge is -2.16. The van der Waals surface area contributed by atoms with Crippen molar-refractivity contribution in [2.45, 2.75) is 26.0 Å². The first-order valence-corrected chi connectivity index (χ1v) is 3.83. The summed E-state index contributed by atoms with van der Waals surface area (Å²) in [7, 11) is 0. The first-order valence-electron chi connectivity index (χ1n) is 3.83. The van der Waals surface area contributed by atoms with E-state index in [-0.39, 0.29) is 0 Å². The lowest BCUT2D eigenvalue weighted by atomic mass is 10.1. The first-order chi connectivity index (χ1) is 5.61. The zero-order valence-corrected chi connectivity index (χ0v) is 7.19. The summed E-state index contributed by atoms with van der Waals surface area (Å²) in [5.74, 6) is 0. The average molecular weight is 168 g/mol. The Hall–Kier alpha value is -1.16. The summed E-state index contributed by atoms with van der Waals surface area (Å²) in [5, 5.41) is 13.5. The Kier molecular flexibility index (Phi) is 2.28. The van der Waals surface area contributed by atoms with Gasteiger partial charge in [0.2, 0.25) is 0 Å². The summed E-state index contributed by atoms with van der Waals surface area (Å²) in [5.41, 5.74) is -0.896. The second kappa shape index (κ2) is 3.06. The fourth-order valence-electron chi connectivity index (χ4n) is 1.08. The van der Waals surface area contributed by atoms with Gasteiger partial charge in [-0.05, 0) is 19.9 Å². The van der Waals surface area contributed by atoms with Gasteiger partial charge in [-0.3, -0.25) is 9.48 Å². The normalized spacial score (nSPS) is 15.6. The van der Waals surface area contributed by atoms with Crippen molar-refractivity contribution >= 4 is 6.29 Å². The number of aromatic nitrogens is 2. The lowest BCUT2D eigenvalue weighted by molar-refractivity contribution is -0.123. The summed E-state index contributed by atoms with van der Waals surface area (Å²) in [4.78, 5) is 10.5. The van der Waals surface area contributed by atoms with Crippen LogP contribution in [0.2, 0.25) is 0 Å². The van der Waals surface area contributed by atoms with Gasteiger partial charge in [0, 0.05) is 12.7 Å². The Labute approximate surface area is 70.8 Å². The molecule has 0 aromatic carbocycles. The number of carbonyl (C=O) groups is 1. The van der Waals surface area contributed by atoms with Crippen molar-refractivity contribution in [1.82, 2.24) is 9.78 Å². The highest BCUT2D eigenvalue weighted by molar-refractivity contribution is 5.63. The Morgan fingerprint density at radius 2 is 2.50 bits per heavy atom. The number of rotatable bonds is 3. The van der Waals surface area contributed by atoms with Gasteiger partial charge in [0.05, 0.1) is 5.69 Å². The van der Waals surface area contributed by atoms with Crippen molar-refractivity contribution in [3.8, 4) is 0 Å². The largest absolute Gasteiger partial charge is 0.376 e. The van der Waals surface area contributed by atoms with Gasteiger partial charge in [-0.2, -0.15) is 5.10 Å². The first kappa shape index (κ1) is 8.93. The van der Waals surface area contributed by atoms with E-state index in [1.165, 1.54) is 6.92 Å². The second-order valence-corrected chi connectivity index (χ2v) is 2.80. The van der Waals surface area contributed by atoms with Crippen LogP contribution in [0.15, 0.2) is 12.3 Å². The Morgan fingerprint density at radius 1 is 1.83 bits per heavy atom. The van der Waals surface area contributed by atoms with Crippen LogP contribution in [-0.4, -0.2) is 21.2 Å². The van der Waals surface area contributed by atoms with Crippen LogP contribution < -0.4 is 0 Å². The van der Waals surface area contributed by atoms with Gasteiger partial charge in [-0.15, -0.1) is 0 Å². The van der Waals surface area contributed by atoms with Crippen LogP contribution in [0.4, 0.5) is 0 Å². The molecule has 0 saturated heterocycles. The minimum absolute atomic E-state index is 0.510. The molecule has 12 heavy (non-hydrogen) atoms. The summed E-state index contributed by atoms with van der Waals surface area (Å²) >= 11 is 0. The van der Waals surface area contributed by atoms with Crippen molar-refractivity contribution in [2.24, 2.45) is 0 Å². The maximum atomic E-state index is 10.5. The van der Waals surface area contributed by atoms with E-state index in [1.807, 2.05) is 6.92 Å². The molecule has 1 aromatic rings. The molecule has 1 unspecified atom stereocenters. The van der Waals surface area contributed by atoms with Gasteiger partial charge in [0.15, 0.2) is 11.9 Å². The summed E-state index contributed by atoms with van der Waals surface area (Å²) in [6.07, 6.45) is 2.08. The SMILES string of the molecule is CCn1nccc1C(C)(O)C=O. The standard InChI is InChI=1S/C8H12N2O2/c1-3-10-7(4-5-9-10)8(2,12)6-11/h4-6,12H,3H2,1-2H3. The fraction of sp³-hybridized carbons (Fsp3) is 0.500. The molecule has 0 aliphatic heterocycles. The molecule has 0 aliphatic carbocycles. The molecular formula is C8H12N2O2. The van der Waals surface area contributed by atoms with E-state index in [0.717, 1.165) is 0 Å². The highest BCUT2D eigenvalue weighted by Crippen LogP contribution is 2.16. The molecule has 0 spiro atoms. The molecule has 66 valence electrons. The highest BCUT2D eigenvalue weighted by atomic mass is 16.3. The van der Waals surface area contributed by atoms with E-state index in [4.69, 9.17) is 0 Å². The van der Waals surface area contributed by atoms with Crippen LogP contribution in [-0.2, 0) is 16.9 Å². The van der Waals surface area contributed by atoms with Crippen LogP contribution in [0, 0.1) is 0 Å². The third-order valence-electron chi connectivity index (χ3n) is 1.76. The van der Waals surface area contributed by atoms with Crippen LogP contribution in [0.1, 0.15) is 19.5 Å². The van der Waals surface area contributed by atoms with Gasteiger partial charge in [-0.25, -0.2) is 0 Å². The van der Waals surface area contributed by atoms with Crippen LogP contribution in [0.3, 0.4) is 0 Å². The van der Waals surface area contributed by atoms with E-state index in [1.54, 1.807) is 16.9 Å². The zero-order chi connectivity index (χ0) is 9.19. The molecule has 1 atom stereocenters. The van der Waals surface area contributed by atoms with Gasteiger partial charge < -0.3 is 5.11 Å². The molecule has 4 heteroatoms. The highest BCUT2D eigenvalue weighted by Gasteiger charge is 2.25. The van der Waals surface area contributed by atoms with E-state index in [2.05, 4.69) is 5.10 Å².